The van der Waals surface area contributed by atoms with Crippen molar-refractivity contribution in [2.45, 2.75) is 32.6 Å². The number of rotatable bonds is 3. The lowest BCUT2D eigenvalue weighted by molar-refractivity contribution is -0.121. The molecule has 1 aromatic carbocycles. The number of anilines is 1. The summed E-state index contributed by atoms with van der Waals surface area (Å²) < 4.78 is 0. The molecule has 1 amide bonds. The van der Waals surface area contributed by atoms with Crippen LogP contribution in [-0.4, -0.2) is 12.5 Å². The number of carbonyl (C=O) groups is 1. The van der Waals surface area contributed by atoms with E-state index in [9.17, 15) is 4.79 Å². The lowest BCUT2D eigenvalue weighted by atomic mass is 9.98. The molecule has 3 nitrogen and oxygen atoms in total. The van der Waals surface area contributed by atoms with E-state index < -0.39 is 5.92 Å². The number of aryl methyl sites for hydroxylation is 1. The van der Waals surface area contributed by atoms with Gasteiger partial charge in [-0.15, -0.1) is 0 Å². The van der Waals surface area contributed by atoms with E-state index in [0.717, 1.165) is 31.5 Å². The molecular weight excluding hydrogens is 224 g/mol. The van der Waals surface area contributed by atoms with Crippen LogP contribution < -0.4 is 4.90 Å². The minimum Gasteiger partial charge on any atom is -0.311 e. The van der Waals surface area contributed by atoms with Gasteiger partial charge in [0, 0.05) is 12.2 Å². The average Bonchev–Trinajstić information content (AvgIpc) is 2.43. The van der Waals surface area contributed by atoms with Crippen LogP contribution in [0.15, 0.2) is 24.3 Å². The Balaban J connectivity index is 2.25. The molecule has 0 aliphatic carbocycles. The van der Waals surface area contributed by atoms with Crippen LogP contribution in [-0.2, 0) is 11.2 Å². The van der Waals surface area contributed by atoms with Crippen LogP contribution in [0.1, 0.15) is 31.7 Å². The first-order valence-corrected chi connectivity index (χ1v) is 6.56. The molecule has 1 heterocycles. The molecule has 0 spiro atoms. The molecule has 18 heavy (non-hydrogen) atoms. The standard InChI is InChI=1S/C15H18N2O/c1-2-6-13(11-16)15(18)17-10-5-8-12-7-3-4-9-14(12)17/h3-4,7,9,13H,2,5-6,8,10H2,1H3. The Morgan fingerprint density at radius 2 is 2.28 bits per heavy atom. The van der Waals surface area contributed by atoms with Gasteiger partial charge in [0.1, 0.15) is 5.92 Å². The molecule has 1 unspecified atom stereocenters. The largest absolute Gasteiger partial charge is 0.311 e. The second-order valence-electron chi connectivity index (χ2n) is 4.69. The summed E-state index contributed by atoms with van der Waals surface area (Å²) in [7, 11) is 0. The summed E-state index contributed by atoms with van der Waals surface area (Å²) in [4.78, 5) is 14.2. The van der Waals surface area contributed by atoms with Crippen molar-refractivity contribution >= 4 is 11.6 Å². The van der Waals surface area contributed by atoms with Crippen LogP contribution >= 0.6 is 0 Å². The third-order valence-electron chi connectivity index (χ3n) is 3.41. The SMILES string of the molecule is CCCC(C#N)C(=O)N1CCCc2ccccc21. The molecule has 0 radical (unpaired) electrons. The number of para-hydroxylation sites is 1. The number of hydrogen-bond donors (Lipinski definition) is 0. The number of fused-ring (bicyclic) bond motifs is 1. The Labute approximate surface area is 108 Å². The number of nitrogens with zero attached hydrogens (tertiary/aromatic N) is 2. The Bertz CT molecular complexity index is 476. The van der Waals surface area contributed by atoms with Crippen molar-refractivity contribution < 1.29 is 4.79 Å². The monoisotopic (exact) mass is 242 g/mol. The van der Waals surface area contributed by atoms with Crippen molar-refractivity contribution in [3.8, 4) is 6.07 Å². The van der Waals surface area contributed by atoms with E-state index >= 15 is 0 Å². The zero-order valence-corrected chi connectivity index (χ0v) is 10.7. The molecule has 0 saturated heterocycles. The average molecular weight is 242 g/mol. The highest BCUT2D eigenvalue weighted by Gasteiger charge is 2.27. The van der Waals surface area contributed by atoms with Gasteiger partial charge in [-0.1, -0.05) is 31.5 Å². The molecule has 3 heteroatoms. The van der Waals surface area contributed by atoms with Crippen LogP contribution in [0.25, 0.3) is 0 Å². The van der Waals surface area contributed by atoms with Gasteiger partial charge in [-0.05, 0) is 30.9 Å². The summed E-state index contributed by atoms with van der Waals surface area (Å²) in [5.41, 5.74) is 2.20. The van der Waals surface area contributed by atoms with Crippen LogP contribution in [0.2, 0.25) is 0 Å². The first kappa shape index (κ1) is 12.6. The summed E-state index contributed by atoms with van der Waals surface area (Å²) in [6, 6.07) is 10.1. The summed E-state index contributed by atoms with van der Waals surface area (Å²) in [6.07, 6.45) is 3.51. The van der Waals surface area contributed by atoms with E-state index in [1.54, 1.807) is 4.90 Å². The first-order valence-electron chi connectivity index (χ1n) is 6.56. The summed E-state index contributed by atoms with van der Waals surface area (Å²) >= 11 is 0. The third-order valence-corrected chi connectivity index (χ3v) is 3.41. The molecule has 1 atom stereocenters. The predicted octanol–water partition coefficient (Wildman–Crippen LogP) is 2.91. The van der Waals surface area contributed by atoms with Crippen molar-refractivity contribution in [2.24, 2.45) is 5.92 Å². The maximum Gasteiger partial charge on any atom is 0.244 e. The highest BCUT2D eigenvalue weighted by molar-refractivity contribution is 5.97. The fourth-order valence-electron chi connectivity index (χ4n) is 2.48. The Morgan fingerprint density at radius 1 is 1.50 bits per heavy atom. The summed E-state index contributed by atoms with van der Waals surface area (Å²) in [5.74, 6) is -0.535. The lowest BCUT2D eigenvalue weighted by Crippen LogP contribution is -2.39. The van der Waals surface area contributed by atoms with Crippen molar-refractivity contribution in [3.63, 3.8) is 0 Å². The number of amides is 1. The molecule has 0 saturated carbocycles. The number of hydrogen-bond acceptors (Lipinski definition) is 2. The molecule has 0 N–H and O–H groups in total. The predicted molar refractivity (Wildman–Crippen MR) is 71.1 cm³/mol. The maximum absolute atomic E-state index is 12.4. The topological polar surface area (TPSA) is 44.1 Å². The van der Waals surface area contributed by atoms with Crippen LogP contribution in [0, 0.1) is 17.2 Å². The normalized spacial score (nSPS) is 15.7. The van der Waals surface area contributed by atoms with Gasteiger partial charge in [0.05, 0.1) is 6.07 Å². The van der Waals surface area contributed by atoms with E-state index in [4.69, 9.17) is 5.26 Å². The Morgan fingerprint density at radius 3 is 3.00 bits per heavy atom. The van der Waals surface area contributed by atoms with E-state index in [-0.39, 0.29) is 5.91 Å². The van der Waals surface area contributed by atoms with Crippen molar-refractivity contribution in [3.05, 3.63) is 29.8 Å². The second kappa shape index (κ2) is 5.68. The van der Waals surface area contributed by atoms with E-state index in [1.165, 1.54) is 5.56 Å². The van der Waals surface area contributed by atoms with Gasteiger partial charge < -0.3 is 4.90 Å². The molecule has 0 bridgehead atoms. The van der Waals surface area contributed by atoms with E-state index in [0.29, 0.717) is 6.42 Å². The van der Waals surface area contributed by atoms with E-state index in [2.05, 4.69) is 12.1 Å². The number of carbonyl (C=O) groups excluding carboxylic acids is 1. The molecule has 1 aliphatic heterocycles. The molecule has 0 fully saturated rings. The summed E-state index contributed by atoms with van der Waals surface area (Å²) in [6.45, 7) is 2.74. The molecule has 2 rings (SSSR count). The van der Waals surface area contributed by atoms with Crippen molar-refractivity contribution in [2.75, 3.05) is 11.4 Å². The van der Waals surface area contributed by atoms with Gasteiger partial charge in [0.2, 0.25) is 5.91 Å². The summed E-state index contributed by atoms with van der Waals surface area (Å²) in [5, 5.41) is 9.11. The minimum absolute atomic E-state index is 0.0356. The fourth-order valence-corrected chi connectivity index (χ4v) is 2.48. The molecule has 0 aromatic heterocycles. The van der Waals surface area contributed by atoms with Gasteiger partial charge in [-0.2, -0.15) is 5.26 Å². The third kappa shape index (κ3) is 2.38. The van der Waals surface area contributed by atoms with E-state index in [1.807, 2.05) is 25.1 Å². The first-order chi connectivity index (χ1) is 8.77. The van der Waals surface area contributed by atoms with Crippen molar-refractivity contribution in [1.82, 2.24) is 0 Å². The quantitative estimate of drug-likeness (QED) is 0.818. The molecule has 1 aromatic rings. The smallest absolute Gasteiger partial charge is 0.244 e. The highest BCUT2D eigenvalue weighted by Crippen LogP contribution is 2.28. The van der Waals surface area contributed by atoms with Gasteiger partial charge >= 0.3 is 0 Å². The van der Waals surface area contributed by atoms with Crippen molar-refractivity contribution in [1.29, 1.82) is 5.26 Å². The second-order valence-corrected chi connectivity index (χ2v) is 4.69. The fraction of sp³-hybridized carbons (Fsp3) is 0.467. The Kier molecular flexibility index (Phi) is 3.99. The highest BCUT2D eigenvalue weighted by atomic mass is 16.2. The lowest BCUT2D eigenvalue weighted by Gasteiger charge is -2.30. The zero-order valence-electron chi connectivity index (χ0n) is 10.7. The van der Waals surface area contributed by atoms with Crippen LogP contribution in [0.4, 0.5) is 5.69 Å². The molecular formula is C15H18N2O. The molecule has 1 aliphatic rings. The van der Waals surface area contributed by atoms with Crippen LogP contribution in [0.5, 0.6) is 0 Å². The number of benzene rings is 1. The minimum atomic E-state index is -0.499. The zero-order chi connectivity index (χ0) is 13.0. The van der Waals surface area contributed by atoms with Gasteiger partial charge in [0.25, 0.3) is 0 Å². The van der Waals surface area contributed by atoms with Gasteiger partial charge in [0.15, 0.2) is 0 Å². The number of nitriles is 1. The maximum atomic E-state index is 12.4. The van der Waals surface area contributed by atoms with Gasteiger partial charge in [-0.25, -0.2) is 0 Å². The molecule has 94 valence electrons. The van der Waals surface area contributed by atoms with Crippen LogP contribution in [0.3, 0.4) is 0 Å². The Hall–Kier alpha value is -1.82. The van der Waals surface area contributed by atoms with Gasteiger partial charge in [-0.3, -0.25) is 4.79 Å².